The SMILES string of the molecule is COc1ccc2c(c1)c(CNC(=O)COc1ccc(C)cc1)cn2C. The number of hydrogen-bond donors (Lipinski definition) is 1. The lowest BCUT2D eigenvalue weighted by molar-refractivity contribution is -0.123. The van der Waals surface area contributed by atoms with Gasteiger partial charge in [-0.1, -0.05) is 17.7 Å². The van der Waals surface area contributed by atoms with E-state index in [2.05, 4.69) is 5.32 Å². The first-order chi connectivity index (χ1) is 12.1. The molecule has 0 unspecified atom stereocenters. The lowest BCUT2D eigenvalue weighted by Crippen LogP contribution is -2.28. The summed E-state index contributed by atoms with van der Waals surface area (Å²) >= 11 is 0. The lowest BCUT2D eigenvalue weighted by Gasteiger charge is -2.07. The second-order valence-corrected chi connectivity index (χ2v) is 6.03. The van der Waals surface area contributed by atoms with Crippen molar-refractivity contribution in [3.05, 3.63) is 59.8 Å². The van der Waals surface area contributed by atoms with E-state index in [-0.39, 0.29) is 12.5 Å². The zero-order valence-corrected chi connectivity index (χ0v) is 14.7. The van der Waals surface area contributed by atoms with Crippen molar-refractivity contribution in [3.63, 3.8) is 0 Å². The number of nitrogens with one attached hydrogen (secondary N) is 1. The van der Waals surface area contributed by atoms with Gasteiger partial charge in [-0.2, -0.15) is 0 Å². The number of amides is 1. The molecule has 0 atom stereocenters. The van der Waals surface area contributed by atoms with Gasteiger partial charge in [0.25, 0.3) is 5.91 Å². The molecule has 1 aromatic heterocycles. The van der Waals surface area contributed by atoms with Crippen LogP contribution in [-0.4, -0.2) is 24.2 Å². The molecule has 0 saturated heterocycles. The molecule has 0 aliphatic rings. The van der Waals surface area contributed by atoms with Crippen LogP contribution in [0.1, 0.15) is 11.1 Å². The molecule has 0 fully saturated rings. The minimum absolute atomic E-state index is 0.00283. The Balaban J connectivity index is 1.62. The van der Waals surface area contributed by atoms with Crippen molar-refractivity contribution >= 4 is 16.8 Å². The Morgan fingerprint density at radius 2 is 1.84 bits per heavy atom. The number of rotatable bonds is 6. The highest BCUT2D eigenvalue weighted by atomic mass is 16.5. The molecular weight excluding hydrogens is 316 g/mol. The van der Waals surface area contributed by atoms with Crippen LogP contribution in [0, 0.1) is 6.92 Å². The average Bonchev–Trinajstić information content (AvgIpc) is 2.94. The van der Waals surface area contributed by atoms with E-state index in [4.69, 9.17) is 9.47 Å². The van der Waals surface area contributed by atoms with Crippen LogP contribution in [0.2, 0.25) is 0 Å². The summed E-state index contributed by atoms with van der Waals surface area (Å²) in [6.07, 6.45) is 2.02. The molecule has 0 aliphatic heterocycles. The van der Waals surface area contributed by atoms with Gasteiger partial charge in [0.1, 0.15) is 11.5 Å². The van der Waals surface area contributed by atoms with Crippen molar-refractivity contribution in [2.75, 3.05) is 13.7 Å². The highest BCUT2D eigenvalue weighted by Crippen LogP contribution is 2.25. The Kier molecular flexibility index (Phi) is 4.93. The van der Waals surface area contributed by atoms with E-state index < -0.39 is 0 Å². The standard InChI is InChI=1S/C20H22N2O3/c1-14-4-6-16(7-5-14)25-13-20(23)21-11-15-12-22(2)19-9-8-17(24-3)10-18(15)19/h4-10,12H,11,13H2,1-3H3,(H,21,23). The molecule has 1 heterocycles. The Bertz CT molecular complexity index is 882. The highest BCUT2D eigenvalue weighted by Gasteiger charge is 2.10. The maximum atomic E-state index is 12.1. The van der Waals surface area contributed by atoms with Gasteiger partial charge in [-0.05, 0) is 42.8 Å². The number of aryl methyl sites for hydroxylation is 2. The van der Waals surface area contributed by atoms with Gasteiger partial charge < -0.3 is 19.4 Å². The van der Waals surface area contributed by atoms with Gasteiger partial charge in [-0.3, -0.25) is 4.79 Å². The summed E-state index contributed by atoms with van der Waals surface area (Å²) in [6.45, 7) is 2.45. The minimum atomic E-state index is -0.152. The molecule has 1 N–H and O–H groups in total. The summed E-state index contributed by atoms with van der Waals surface area (Å²) in [5.41, 5.74) is 3.30. The van der Waals surface area contributed by atoms with Crippen molar-refractivity contribution in [1.82, 2.24) is 9.88 Å². The topological polar surface area (TPSA) is 52.5 Å². The molecule has 5 heteroatoms. The van der Waals surface area contributed by atoms with Crippen molar-refractivity contribution < 1.29 is 14.3 Å². The largest absolute Gasteiger partial charge is 0.497 e. The molecule has 0 radical (unpaired) electrons. The monoisotopic (exact) mass is 338 g/mol. The number of fused-ring (bicyclic) bond motifs is 1. The van der Waals surface area contributed by atoms with Crippen LogP contribution in [0.25, 0.3) is 10.9 Å². The van der Waals surface area contributed by atoms with Gasteiger partial charge in [-0.15, -0.1) is 0 Å². The molecular formula is C20H22N2O3. The summed E-state index contributed by atoms with van der Waals surface area (Å²) in [6, 6.07) is 13.6. The molecule has 130 valence electrons. The van der Waals surface area contributed by atoms with Crippen LogP contribution in [0.4, 0.5) is 0 Å². The lowest BCUT2D eigenvalue weighted by atomic mass is 10.1. The number of hydrogen-bond acceptors (Lipinski definition) is 3. The normalized spacial score (nSPS) is 10.7. The fraction of sp³-hybridized carbons (Fsp3) is 0.250. The Morgan fingerprint density at radius 1 is 1.12 bits per heavy atom. The van der Waals surface area contributed by atoms with Crippen LogP contribution >= 0.6 is 0 Å². The second kappa shape index (κ2) is 7.30. The summed E-state index contributed by atoms with van der Waals surface area (Å²) < 4.78 is 12.8. The van der Waals surface area contributed by atoms with Gasteiger partial charge in [0.2, 0.25) is 0 Å². The van der Waals surface area contributed by atoms with Gasteiger partial charge in [-0.25, -0.2) is 0 Å². The predicted molar refractivity (Wildman–Crippen MR) is 98.0 cm³/mol. The second-order valence-electron chi connectivity index (χ2n) is 6.03. The third kappa shape index (κ3) is 3.94. The summed E-state index contributed by atoms with van der Waals surface area (Å²) in [7, 11) is 3.63. The van der Waals surface area contributed by atoms with E-state index in [1.165, 1.54) is 0 Å². The third-order valence-corrected chi connectivity index (χ3v) is 4.15. The minimum Gasteiger partial charge on any atom is -0.497 e. The Morgan fingerprint density at radius 3 is 2.56 bits per heavy atom. The molecule has 0 bridgehead atoms. The molecule has 0 aliphatic carbocycles. The highest BCUT2D eigenvalue weighted by molar-refractivity contribution is 5.86. The molecule has 3 aromatic rings. The molecule has 5 nitrogen and oxygen atoms in total. The summed E-state index contributed by atoms with van der Waals surface area (Å²) in [5, 5.41) is 3.98. The first-order valence-electron chi connectivity index (χ1n) is 8.15. The van der Waals surface area contributed by atoms with E-state index in [1.54, 1.807) is 7.11 Å². The molecule has 2 aromatic carbocycles. The van der Waals surface area contributed by atoms with Gasteiger partial charge >= 0.3 is 0 Å². The van der Waals surface area contributed by atoms with E-state index >= 15 is 0 Å². The number of benzene rings is 2. The van der Waals surface area contributed by atoms with Crippen molar-refractivity contribution in [1.29, 1.82) is 0 Å². The smallest absolute Gasteiger partial charge is 0.258 e. The molecule has 3 rings (SSSR count). The maximum Gasteiger partial charge on any atom is 0.258 e. The first kappa shape index (κ1) is 16.9. The quantitative estimate of drug-likeness (QED) is 0.751. The molecule has 25 heavy (non-hydrogen) atoms. The van der Waals surface area contributed by atoms with Crippen molar-refractivity contribution in [3.8, 4) is 11.5 Å². The number of methoxy groups -OCH3 is 1. The number of ether oxygens (including phenoxy) is 2. The number of aromatic nitrogens is 1. The molecule has 0 spiro atoms. The zero-order valence-electron chi connectivity index (χ0n) is 14.7. The van der Waals surface area contributed by atoms with E-state index in [1.807, 2.05) is 67.2 Å². The number of nitrogens with zero attached hydrogens (tertiary/aromatic N) is 1. The Labute approximate surface area is 147 Å². The van der Waals surface area contributed by atoms with E-state index in [0.29, 0.717) is 12.3 Å². The van der Waals surface area contributed by atoms with E-state index in [0.717, 1.165) is 27.8 Å². The van der Waals surface area contributed by atoms with Gasteiger partial charge in [0, 0.05) is 30.7 Å². The average molecular weight is 338 g/mol. The summed E-state index contributed by atoms with van der Waals surface area (Å²) in [5.74, 6) is 1.34. The Hall–Kier alpha value is -2.95. The van der Waals surface area contributed by atoms with Crippen LogP contribution in [0.3, 0.4) is 0 Å². The molecule has 1 amide bonds. The van der Waals surface area contributed by atoms with Crippen LogP contribution in [0.15, 0.2) is 48.7 Å². The fourth-order valence-electron chi connectivity index (χ4n) is 2.75. The number of carbonyl (C=O) groups excluding carboxylic acids is 1. The number of carbonyl (C=O) groups is 1. The van der Waals surface area contributed by atoms with Crippen LogP contribution in [0.5, 0.6) is 11.5 Å². The van der Waals surface area contributed by atoms with Crippen molar-refractivity contribution in [2.24, 2.45) is 7.05 Å². The van der Waals surface area contributed by atoms with Gasteiger partial charge in [0.15, 0.2) is 6.61 Å². The third-order valence-electron chi connectivity index (χ3n) is 4.15. The van der Waals surface area contributed by atoms with Crippen molar-refractivity contribution in [2.45, 2.75) is 13.5 Å². The molecule has 0 saturated carbocycles. The summed E-state index contributed by atoms with van der Waals surface area (Å²) in [4.78, 5) is 12.1. The zero-order chi connectivity index (χ0) is 17.8. The fourth-order valence-corrected chi connectivity index (χ4v) is 2.75. The maximum absolute atomic E-state index is 12.1. The first-order valence-corrected chi connectivity index (χ1v) is 8.15. The predicted octanol–water partition coefficient (Wildman–Crippen LogP) is 3.19. The van der Waals surface area contributed by atoms with E-state index in [9.17, 15) is 4.79 Å². The van der Waals surface area contributed by atoms with Crippen LogP contribution < -0.4 is 14.8 Å². The van der Waals surface area contributed by atoms with Gasteiger partial charge in [0.05, 0.1) is 7.11 Å². The van der Waals surface area contributed by atoms with Crippen LogP contribution in [-0.2, 0) is 18.4 Å².